The number of nitrogens with zero attached hydrogens (tertiary/aromatic N) is 2. The number of phenolic OH excluding ortho intramolecular Hbond substituents is 1. The van der Waals surface area contributed by atoms with Crippen molar-refractivity contribution in [2.24, 2.45) is 0 Å². The number of hydrogen-bond acceptors (Lipinski definition) is 6. The molecule has 2 N–H and O–H groups in total. The van der Waals surface area contributed by atoms with Crippen molar-refractivity contribution >= 4 is 38.6 Å². The Morgan fingerprint density at radius 3 is 2.79 bits per heavy atom. The third kappa shape index (κ3) is 2.69. The largest absolute Gasteiger partial charge is 0.502 e. The van der Waals surface area contributed by atoms with Gasteiger partial charge in [0, 0.05) is 10.5 Å². The molecule has 0 amide bonds. The Morgan fingerprint density at radius 1 is 1.38 bits per heavy atom. The molecule has 0 atom stereocenters. The van der Waals surface area contributed by atoms with Crippen LogP contribution in [0.5, 0.6) is 5.75 Å². The van der Waals surface area contributed by atoms with E-state index in [4.69, 9.17) is 0 Å². The highest BCUT2D eigenvalue weighted by Gasteiger charge is 2.21. The number of carbonyl (C=O) groups excluding carboxylic acids is 1. The number of fused-ring (bicyclic) bond motifs is 1. The Labute approximate surface area is 143 Å². The highest BCUT2D eigenvalue weighted by atomic mass is 79.9. The summed E-state index contributed by atoms with van der Waals surface area (Å²) in [5, 5.41) is 21.2. The van der Waals surface area contributed by atoms with Gasteiger partial charge in [0.05, 0.1) is 34.2 Å². The van der Waals surface area contributed by atoms with Crippen LogP contribution in [0, 0.1) is 10.1 Å². The van der Waals surface area contributed by atoms with Crippen LogP contribution in [0.2, 0.25) is 0 Å². The molecule has 0 bridgehead atoms. The van der Waals surface area contributed by atoms with Crippen molar-refractivity contribution in [3.8, 4) is 17.1 Å². The molecule has 1 heterocycles. The van der Waals surface area contributed by atoms with Crippen molar-refractivity contribution in [2.45, 2.75) is 0 Å². The lowest BCUT2D eigenvalue weighted by atomic mass is 10.1. The Kier molecular flexibility index (Phi) is 3.94. The van der Waals surface area contributed by atoms with E-state index in [1.165, 1.54) is 19.2 Å². The summed E-state index contributed by atoms with van der Waals surface area (Å²) >= 11 is 3.18. The van der Waals surface area contributed by atoms with Crippen LogP contribution >= 0.6 is 15.9 Å². The van der Waals surface area contributed by atoms with Gasteiger partial charge in [-0.05, 0) is 24.3 Å². The maximum absolute atomic E-state index is 11.6. The van der Waals surface area contributed by atoms with E-state index in [9.17, 15) is 20.0 Å². The third-order valence-electron chi connectivity index (χ3n) is 3.41. The minimum Gasteiger partial charge on any atom is -0.502 e. The highest BCUT2D eigenvalue weighted by Crippen LogP contribution is 2.39. The Morgan fingerprint density at radius 2 is 2.12 bits per heavy atom. The van der Waals surface area contributed by atoms with Gasteiger partial charge in [0.25, 0.3) is 0 Å². The number of ether oxygens (including phenoxy) is 1. The lowest BCUT2D eigenvalue weighted by Gasteiger charge is -2.03. The Hall–Kier alpha value is -2.94. The van der Waals surface area contributed by atoms with Crippen molar-refractivity contribution in [2.75, 3.05) is 7.11 Å². The Balaban J connectivity index is 2.17. The molecular weight excluding hydrogens is 382 g/mol. The summed E-state index contributed by atoms with van der Waals surface area (Å²) in [5.74, 6) is -0.738. The summed E-state index contributed by atoms with van der Waals surface area (Å²) in [5.41, 5.74) is 1.15. The fourth-order valence-electron chi connectivity index (χ4n) is 2.29. The number of rotatable bonds is 3. The zero-order valence-corrected chi connectivity index (χ0v) is 13.8. The molecule has 3 aromatic rings. The van der Waals surface area contributed by atoms with E-state index in [1.807, 2.05) is 0 Å². The molecule has 0 radical (unpaired) electrons. The summed E-state index contributed by atoms with van der Waals surface area (Å²) in [6, 6.07) is 7.45. The molecular formula is C15H10BrN3O5. The second-order valence-electron chi connectivity index (χ2n) is 4.89. The number of nitro groups is 1. The van der Waals surface area contributed by atoms with Gasteiger partial charge in [0.2, 0.25) is 5.75 Å². The molecule has 9 heteroatoms. The summed E-state index contributed by atoms with van der Waals surface area (Å²) in [7, 11) is 1.28. The maximum atomic E-state index is 11.6. The van der Waals surface area contributed by atoms with E-state index < -0.39 is 22.3 Å². The standard InChI is InChI=1S/C15H10BrN3O5/c1-24-15(21)7-2-3-10-11(4-7)18-14(17-10)9-5-8(16)6-12(13(9)20)19(22)23/h2-6,20H,1H3,(H,17,18). The molecule has 1 aromatic heterocycles. The molecule has 0 spiro atoms. The number of nitrogens with one attached hydrogen (secondary N) is 1. The smallest absolute Gasteiger partial charge is 0.337 e. The van der Waals surface area contributed by atoms with E-state index in [2.05, 4.69) is 30.6 Å². The van der Waals surface area contributed by atoms with Gasteiger partial charge in [-0.2, -0.15) is 0 Å². The second kappa shape index (κ2) is 5.93. The van der Waals surface area contributed by atoms with Crippen molar-refractivity contribution in [3.05, 3.63) is 50.5 Å². The predicted octanol–water partition coefficient (Wildman–Crippen LogP) is 3.39. The highest BCUT2D eigenvalue weighted by molar-refractivity contribution is 9.10. The first-order chi connectivity index (χ1) is 11.4. The molecule has 0 aliphatic heterocycles. The van der Waals surface area contributed by atoms with Gasteiger partial charge >= 0.3 is 11.7 Å². The molecule has 0 saturated carbocycles. The second-order valence-corrected chi connectivity index (χ2v) is 5.80. The number of aromatic hydroxyl groups is 1. The van der Waals surface area contributed by atoms with Gasteiger partial charge in [0.15, 0.2) is 0 Å². The third-order valence-corrected chi connectivity index (χ3v) is 3.87. The molecule has 0 aliphatic carbocycles. The minimum atomic E-state index is -0.679. The number of halogens is 1. The van der Waals surface area contributed by atoms with Crippen molar-refractivity contribution in [1.29, 1.82) is 0 Å². The van der Waals surface area contributed by atoms with Crippen LogP contribution < -0.4 is 0 Å². The number of imidazole rings is 1. The quantitative estimate of drug-likeness (QED) is 0.401. The van der Waals surface area contributed by atoms with Crippen LogP contribution in [0.15, 0.2) is 34.8 Å². The maximum Gasteiger partial charge on any atom is 0.337 e. The number of nitro benzene ring substituents is 1. The van der Waals surface area contributed by atoms with Crippen molar-refractivity contribution in [1.82, 2.24) is 9.97 Å². The lowest BCUT2D eigenvalue weighted by molar-refractivity contribution is -0.385. The summed E-state index contributed by atoms with van der Waals surface area (Å²) < 4.78 is 5.09. The number of hydrogen-bond donors (Lipinski definition) is 2. The van der Waals surface area contributed by atoms with Gasteiger partial charge < -0.3 is 14.8 Å². The first kappa shape index (κ1) is 15.9. The van der Waals surface area contributed by atoms with Gasteiger partial charge in [-0.15, -0.1) is 0 Å². The molecule has 122 valence electrons. The fourth-order valence-corrected chi connectivity index (χ4v) is 2.73. The molecule has 0 fully saturated rings. The van der Waals surface area contributed by atoms with Gasteiger partial charge in [0.1, 0.15) is 5.82 Å². The molecule has 24 heavy (non-hydrogen) atoms. The fraction of sp³-hybridized carbons (Fsp3) is 0.0667. The number of carbonyl (C=O) groups is 1. The average molecular weight is 392 g/mol. The van der Waals surface area contributed by atoms with Gasteiger partial charge in [-0.25, -0.2) is 9.78 Å². The van der Waals surface area contributed by atoms with E-state index in [-0.39, 0.29) is 11.4 Å². The average Bonchev–Trinajstić information content (AvgIpc) is 2.98. The van der Waals surface area contributed by atoms with Gasteiger partial charge in [-0.1, -0.05) is 15.9 Å². The van der Waals surface area contributed by atoms with Gasteiger partial charge in [-0.3, -0.25) is 10.1 Å². The van der Waals surface area contributed by atoms with E-state index in [0.717, 1.165) is 0 Å². The van der Waals surface area contributed by atoms with Crippen LogP contribution in [0.25, 0.3) is 22.4 Å². The zero-order valence-electron chi connectivity index (χ0n) is 12.2. The normalized spacial score (nSPS) is 10.8. The SMILES string of the molecule is COC(=O)c1ccc2nc(-c3cc(Br)cc([N+](=O)[O-])c3O)[nH]c2c1. The Bertz CT molecular complexity index is 983. The van der Waals surface area contributed by atoms with Crippen LogP contribution in [-0.4, -0.2) is 33.1 Å². The molecule has 8 nitrogen and oxygen atoms in total. The number of methoxy groups -OCH3 is 1. The van der Waals surface area contributed by atoms with Crippen molar-refractivity contribution < 1.29 is 19.6 Å². The predicted molar refractivity (Wildman–Crippen MR) is 88.9 cm³/mol. The molecule has 0 saturated heterocycles. The topological polar surface area (TPSA) is 118 Å². The van der Waals surface area contributed by atoms with Crippen LogP contribution in [0.1, 0.15) is 10.4 Å². The number of benzene rings is 2. The van der Waals surface area contributed by atoms with Crippen molar-refractivity contribution in [3.63, 3.8) is 0 Å². The number of H-pyrrole nitrogens is 1. The molecule has 2 aromatic carbocycles. The van der Waals surface area contributed by atoms with Crippen LogP contribution in [0.3, 0.4) is 0 Å². The van der Waals surface area contributed by atoms with Crippen LogP contribution in [-0.2, 0) is 4.74 Å². The summed E-state index contributed by atoms with van der Waals surface area (Å²) in [4.78, 5) is 29.2. The number of esters is 1. The number of aromatic nitrogens is 2. The zero-order chi connectivity index (χ0) is 17.4. The van der Waals surface area contributed by atoms with E-state index in [1.54, 1.807) is 18.2 Å². The number of aromatic amines is 1. The first-order valence-corrected chi connectivity index (χ1v) is 7.45. The molecule has 0 unspecified atom stereocenters. The first-order valence-electron chi connectivity index (χ1n) is 6.66. The van der Waals surface area contributed by atoms with E-state index >= 15 is 0 Å². The molecule has 3 rings (SSSR count). The number of phenols is 1. The monoisotopic (exact) mass is 391 g/mol. The van der Waals surface area contributed by atoms with E-state index in [0.29, 0.717) is 21.1 Å². The summed E-state index contributed by atoms with van der Waals surface area (Å²) in [6.07, 6.45) is 0. The van der Waals surface area contributed by atoms with Crippen LogP contribution in [0.4, 0.5) is 5.69 Å². The molecule has 0 aliphatic rings. The lowest BCUT2D eigenvalue weighted by Crippen LogP contribution is -2.00. The summed E-state index contributed by atoms with van der Waals surface area (Å²) in [6.45, 7) is 0. The minimum absolute atomic E-state index is 0.173.